The molecule has 0 saturated heterocycles. The van der Waals surface area contributed by atoms with Crippen LogP contribution in [0.3, 0.4) is 0 Å². The number of hydrogen-bond donors (Lipinski definition) is 1. The van der Waals surface area contributed by atoms with Gasteiger partial charge in [0.2, 0.25) is 0 Å². The van der Waals surface area contributed by atoms with E-state index in [1.54, 1.807) is 16.0 Å². The highest BCUT2D eigenvalue weighted by atomic mass is 32.1. The number of aryl methyl sites for hydroxylation is 1. The largest absolute Gasteiger partial charge is 0.310 e. The summed E-state index contributed by atoms with van der Waals surface area (Å²) in [6.45, 7) is 5.93. The fourth-order valence-corrected chi connectivity index (χ4v) is 4.20. The van der Waals surface area contributed by atoms with Crippen LogP contribution in [0.4, 0.5) is 0 Å². The molecule has 0 aromatic carbocycles. The zero-order chi connectivity index (χ0) is 11.2. The fraction of sp³-hybridized carbons (Fsp3) is 0.714. The van der Waals surface area contributed by atoms with Crippen molar-refractivity contribution in [2.45, 2.75) is 64.0 Å². The fourth-order valence-electron chi connectivity index (χ4n) is 2.92. The summed E-state index contributed by atoms with van der Waals surface area (Å²) in [5.74, 6) is 0. The summed E-state index contributed by atoms with van der Waals surface area (Å²) in [6, 6.07) is 0.822. The summed E-state index contributed by atoms with van der Waals surface area (Å²) < 4.78 is 0. The molecule has 1 aromatic rings. The Bertz CT molecular complexity index is 387. The first-order chi connectivity index (χ1) is 7.67. The maximum atomic E-state index is 3.65. The molecule has 1 aromatic heterocycles. The number of nitrogens with one attached hydrogen (secondary N) is 1. The summed E-state index contributed by atoms with van der Waals surface area (Å²) in [6.07, 6.45) is 6.81. The molecule has 3 rings (SSSR count). The van der Waals surface area contributed by atoms with Crippen LogP contribution >= 0.6 is 11.3 Å². The molecule has 2 heteroatoms. The minimum absolute atomic E-state index is 0.411. The average molecular weight is 235 g/mol. The summed E-state index contributed by atoms with van der Waals surface area (Å²) in [7, 11) is 0. The van der Waals surface area contributed by atoms with Gasteiger partial charge in [-0.15, -0.1) is 11.3 Å². The molecular formula is C14H21NS. The molecule has 1 N–H and O–H groups in total. The maximum absolute atomic E-state index is 3.65. The summed E-state index contributed by atoms with van der Waals surface area (Å²) >= 11 is 1.99. The van der Waals surface area contributed by atoms with Crippen LogP contribution in [0.25, 0.3) is 0 Å². The van der Waals surface area contributed by atoms with Gasteiger partial charge in [-0.1, -0.05) is 13.8 Å². The lowest BCUT2D eigenvalue weighted by Crippen LogP contribution is -2.25. The van der Waals surface area contributed by atoms with Gasteiger partial charge in [0, 0.05) is 17.5 Å². The lowest BCUT2D eigenvalue weighted by atomic mass is 9.74. The third-order valence-corrected chi connectivity index (χ3v) is 5.08. The standard InChI is InChI=1S/C14H21NS/c1-14(2)7-3-4-12-13(14)10(9-16-12)8-15-11-5-6-11/h9,11,15H,3-8H2,1-2H3. The van der Waals surface area contributed by atoms with Crippen LogP contribution in [-0.4, -0.2) is 6.04 Å². The van der Waals surface area contributed by atoms with E-state index in [1.165, 1.54) is 32.1 Å². The van der Waals surface area contributed by atoms with Gasteiger partial charge in [0.1, 0.15) is 0 Å². The van der Waals surface area contributed by atoms with E-state index < -0.39 is 0 Å². The van der Waals surface area contributed by atoms with Crippen molar-refractivity contribution in [3.05, 3.63) is 21.4 Å². The second kappa shape index (κ2) is 3.85. The quantitative estimate of drug-likeness (QED) is 0.844. The van der Waals surface area contributed by atoms with E-state index in [9.17, 15) is 0 Å². The van der Waals surface area contributed by atoms with Crippen molar-refractivity contribution < 1.29 is 0 Å². The zero-order valence-electron chi connectivity index (χ0n) is 10.3. The average Bonchev–Trinajstić information content (AvgIpc) is 2.95. The molecule has 1 saturated carbocycles. The van der Waals surface area contributed by atoms with Gasteiger partial charge in [-0.3, -0.25) is 0 Å². The molecule has 2 aliphatic rings. The maximum Gasteiger partial charge on any atom is 0.0219 e. The summed E-state index contributed by atoms with van der Waals surface area (Å²) in [5.41, 5.74) is 3.67. The van der Waals surface area contributed by atoms with Gasteiger partial charge < -0.3 is 5.32 Å². The smallest absolute Gasteiger partial charge is 0.0219 e. The van der Waals surface area contributed by atoms with E-state index in [4.69, 9.17) is 0 Å². The molecule has 1 heterocycles. The van der Waals surface area contributed by atoms with Crippen molar-refractivity contribution in [3.8, 4) is 0 Å². The topological polar surface area (TPSA) is 12.0 Å². The molecule has 16 heavy (non-hydrogen) atoms. The normalized spacial score (nSPS) is 23.1. The summed E-state index contributed by atoms with van der Waals surface area (Å²) in [4.78, 5) is 1.66. The van der Waals surface area contributed by atoms with Crippen LogP contribution < -0.4 is 5.32 Å². The third kappa shape index (κ3) is 1.93. The van der Waals surface area contributed by atoms with Crippen LogP contribution in [0.1, 0.15) is 55.5 Å². The molecule has 0 radical (unpaired) electrons. The minimum Gasteiger partial charge on any atom is -0.310 e. The highest BCUT2D eigenvalue weighted by molar-refractivity contribution is 7.10. The predicted octanol–water partition coefficient (Wildman–Crippen LogP) is 3.61. The number of hydrogen-bond acceptors (Lipinski definition) is 2. The molecule has 0 amide bonds. The summed E-state index contributed by atoms with van der Waals surface area (Å²) in [5, 5.41) is 6.05. The Labute approximate surface area is 102 Å². The van der Waals surface area contributed by atoms with E-state index in [0.717, 1.165) is 12.6 Å². The Kier molecular flexibility index (Phi) is 2.60. The highest BCUT2D eigenvalue weighted by Crippen LogP contribution is 2.42. The predicted molar refractivity (Wildman–Crippen MR) is 70.1 cm³/mol. The molecular weight excluding hydrogens is 214 g/mol. The van der Waals surface area contributed by atoms with Gasteiger partial charge in [-0.05, 0) is 54.0 Å². The first-order valence-corrected chi connectivity index (χ1v) is 7.38. The van der Waals surface area contributed by atoms with Crippen molar-refractivity contribution in [2.24, 2.45) is 0 Å². The lowest BCUT2D eigenvalue weighted by molar-refractivity contribution is 0.431. The molecule has 0 atom stereocenters. The molecule has 0 spiro atoms. The van der Waals surface area contributed by atoms with Crippen LogP contribution in [-0.2, 0) is 18.4 Å². The Hall–Kier alpha value is -0.340. The van der Waals surface area contributed by atoms with Crippen LogP contribution in [0.2, 0.25) is 0 Å². The Morgan fingerprint density at radius 3 is 3.00 bits per heavy atom. The van der Waals surface area contributed by atoms with Crippen LogP contribution in [0.5, 0.6) is 0 Å². The molecule has 0 aliphatic heterocycles. The van der Waals surface area contributed by atoms with Crippen molar-refractivity contribution >= 4 is 11.3 Å². The Morgan fingerprint density at radius 1 is 1.44 bits per heavy atom. The first kappa shape index (κ1) is 10.8. The second-order valence-electron chi connectivity index (χ2n) is 5.95. The zero-order valence-corrected chi connectivity index (χ0v) is 11.1. The van der Waals surface area contributed by atoms with Crippen molar-refractivity contribution in [1.82, 2.24) is 5.32 Å². The van der Waals surface area contributed by atoms with Gasteiger partial charge in [0.15, 0.2) is 0 Å². The Balaban J connectivity index is 1.84. The van der Waals surface area contributed by atoms with Gasteiger partial charge >= 0.3 is 0 Å². The number of thiophene rings is 1. The van der Waals surface area contributed by atoms with E-state index >= 15 is 0 Å². The second-order valence-corrected chi connectivity index (χ2v) is 6.92. The number of fused-ring (bicyclic) bond motifs is 1. The molecule has 1 nitrogen and oxygen atoms in total. The van der Waals surface area contributed by atoms with Gasteiger partial charge in [0.05, 0.1) is 0 Å². The van der Waals surface area contributed by atoms with Crippen LogP contribution in [0.15, 0.2) is 5.38 Å². The van der Waals surface area contributed by atoms with Crippen LogP contribution in [0, 0.1) is 0 Å². The number of rotatable bonds is 3. The Morgan fingerprint density at radius 2 is 2.25 bits per heavy atom. The van der Waals surface area contributed by atoms with Crippen molar-refractivity contribution in [2.75, 3.05) is 0 Å². The van der Waals surface area contributed by atoms with Gasteiger partial charge in [0.25, 0.3) is 0 Å². The SMILES string of the molecule is CC1(C)CCCc2scc(CNC3CC3)c21. The lowest BCUT2D eigenvalue weighted by Gasteiger charge is -2.31. The molecule has 2 aliphatic carbocycles. The van der Waals surface area contributed by atoms with E-state index in [-0.39, 0.29) is 0 Å². The van der Waals surface area contributed by atoms with E-state index in [1.807, 2.05) is 11.3 Å². The molecule has 88 valence electrons. The van der Waals surface area contributed by atoms with E-state index in [0.29, 0.717) is 5.41 Å². The third-order valence-electron chi connectivity index (χ3n) is 3.98. The highest BCUT2D eigenvalue weighted by Gasteiger charge is 2.31. The van der Waals surface area contributed by atoms with Gasteiger partial charge in [-0.2, -0.15) is 0 Å². The molecule has 1 fully saturated rings. The van der Waals surface area contributed by atoms with Crippen molar-refractivity contribution in [3.63, 3.8) is 0 Å². The monoisotopic (exact) mass is 235 g/mol. The molecule has 0 unspecified atom stereocenters. The minimum atomic E-state index is 0.411. The van der Waals surface area contributed by atoms with E-state index in [2.05, 4.69) is 24.5 Å². The molecule has 0 bridgehead atoms. The first-order valence-electron chi connectivity index (χ1n) is 6.50. The van der Waals surface area contributed by atoms with Crippen molar-refractivity contribution in [1.29, 1.82) is 0 Å². The van der Waals surface area contributed by atoms with Gasteiger partial charge in [-0.25, -0.2) is 0 Å².